The molecule has 0 aromatic heterocycles. The van der Waals surface area contributed by atoms with Crippen molar-refractivity contribution in [2.24, 2.45) is 0 Å². The second-order valence-electron chi connectivity index (χ2n) is 23.5. The summed E-state index contributed by atoms with van der Waals surface area (Å²) in [6, 6.07) is -0.835. The lowest BCUT2D eigenvalue weighted by molar-refractivity contribution is -0.302. The Kier molecular flexibility index (Phi) is 55.7. The summed E-state index contributed by atoms with van der Waals surface area (Å²) in [7, 11) is 0. The van der Waals surface area contributed by atoms with Gasteiger partial charge in [-0.3, -0.25) is 9.59 Å². The van der Waals surface area contributed by atoms with E-state index >= 15 is 0 Å². The molecule has 472 valence electrons. The molecule has 0 aromatic rings. The number of hydrogen-bond acceptors (Lipinski definition) is 10. The Balaban J connectivity index is 1.94. The molecule has 1 amide bonds. The lowest BCUT2D eigenvalue weighted by Crippen LogP contribution is -2.60. The van der Waals surface area contributed by atoms with Gasteiger partial charge < -0.3 is 45.1 Å². The minimum Gasteiger partial charge on any atom is -0.466 e. The van der Waals surface area contributed by atoms with Crippen molar-refractivity contribution < 1.29 is 49.3 Å². The quantitative estimate of drug-likeness (QED) is 0.0195. The molecule has 1 aliphatic heterocycles. The molecule has 0 radical (unpaired) electrons. The number of ether oxygens (including phenoxy) is 3. The molecule has 1 saturated heterocycles. The summed E-state index contributed by atoms with van der Waals surface area (Å²) >= 11 is 0. The van der Waals surface area contributed by atoms with Crippen LogP contribution in [0, 0.1) is 0 Å². The number of aliphatic hydroxyl groups excluding tert-OH is 5. The standard InChI is InChI=1S/C70H127NO10/c1-3-5-7-9-11-13-14-15-31-35-38-42-46-50-54-58-66(75)79-59-55-51-47-43-39-36-33-30-28-26-24-22-20-18-16-17-19-21-23-25-27-29-32-34-37-41-45-49-53-57-65(74)71-62(63(73)56-52-48-44-40-12-10-8-6-4-2)61-80-70-69(78)68(77)67(76)64(60-72)81-70/h4,6,12,16,18,22,24,40,52,56,62-64,67-70,72-73,76-78H,3,5,7-11,13-15,17,19-21,23,25-39,41-51,53-55,57-61H2,1-2H3,(H,71,74)/b6-4+,18-16-,24-22-,40-12+,56-52+. The number of allylic oxidation sites excluding steroid dienone is 9. The Labute approximate surface area is 497 Å². The van der Waals surface area contributed by atoms with Crippen molar-refractivity contribution in [2.45, 2.75) is 352 Å². The summed E-state index contributed by atoms with van der Waals surface area (Å²) in [5, 5.41) is 54.2. The van der Waals surface area contributed by atoms with E-state index in [1.165, 1.54) is 212 Å². The summed E-state index contributed by atoms with van der Waals surface area (Å²) in [6.07, 6.45) is 68.1. The fourth-order valence-electron chi connectivity index (χ4n) is 10.6. The van der Waals surface area contributed by atoms with E-state index in [0.717, 1.165) is 70.6 Å². The molecule has 1 aliphatic rings. The second kappa shape index (κ2) is 59.1. The summed E-state index contributed by atoms with van der Waals surface area (Å²) in [5.74, 6) is -0.195. The van der Waals surface area contributed by atoms with Crippen molar-refractivity contribution in [2.75, 3.05) is 19.8 Å². The van der Waals surface area contributed by atoms with Crippen molar-refractivity contribution in [3.63, 3.8) is 0 Å². The average molecular weight is 1140 g/mol. The van der Waals surface area contributed by atoms with Crippen LogP contribution in [-0.2, 0) is 23.8 Å². The molecule has 7 atom stereocenters. The van der Waals surface area contributed by atoms with E-state index in [0.29, 0.717) is 19.4 Å². The first-order valence-electron chi connectivity index (χ1n) is 34.0. The van der Waals surface area contributed by atoms with Gasteiger partial charge >= 0.3 is 5.97 Å². The molecule has 0 bridgehead atoms. The molecule has 81 heavy (non-hydrogen) atoms. The third-order valence-corrected chi connectivity index (χ3v) is 15.9. The van der Waals surface area contributed by atoms with Crippen molar-refractivity contribution >= 4 is 11.9 Å². The number of carbonyl (C=O) groups is 2. The van der Waals surface area contributed by atoms with Gasteiger partial charge in [-0.1, -0.05) is 273 Å². The van der Waals surface area contributed by atoms with E-state index in [9.17, 15) is 35.1 Å². The maximum Gasteiger partial charge on any atom is 0.305 e. The Bertz CT molecular complexity index is 1530. The van der Waals surface area contributed by atoms with Gasteiger partial charge in [0.1, 0.15) is 24.4 Å². The fraction of sp³-hybridized carbons (Fsp3) is 0.829. The zero-order chi connectivity index (χ0) is 58.7. The number of aliphatic hydroxyl groups is 5. The minimum absolute atomic E-state index is 0.00540. The van der Waals surface area contributed by atoms with Crippen LogP contribution in [-0.4, -0.2) is 100 Å². The largest absolute Gasteiger partial charge is 0.466 e. The topological polar surface area (TPSA) is 175 Å². The van der Waals surface area contributed by atoms with Gasteiger partial charge in [-0.15, -0.1) is 0 Å². The van der Waals surface area contributed by atoms with Gasteiger partial charge in [0.2, 0.25) is 5.91 Å². The van der Waals surface area contributed by atoms with Crippen molar-refractivity contribution in [1.29, 1.82) is 0 Å². The highest BCUT2D eigenvalue weighted by Gasteiger charge is 2.44. The average Bonchev–Trinajstić information content (AvgIpc) is 3.47. The second-order valence-corrected chi connectivity index (χ2v) is 23.5. The number of esters is 1. The molecule has 11 nitrogen and oxygen atoms in total. The molecule has 0 spiro atoms. The van der Waals surface area contributed by atoms with Crippen molar-refractivity contribution in [1.82, 2.24) is 5.32 Å². The minimum atomic E-state index is -1.58. The predicted octanol–water partition coefficient (Wildman–Crippen LogP) is 17.0. The number of nitrogens with one attached hydrogen (secondary N) is 1. The van der Waals surface area contributed by atoms with Gasteiger partial charge in [0.25, 0.3) is 0 Å². The molecule has 7 unspecified atom stereocenters. The van der Waals surface area contributed by atoms with Crippen LogP contribution in [0.3, 0.4) is 0 Å². The Morgan fingerprint density at radius 1 is 0.481 bits per heavy atom. The van der Waals surface area contributed by atoms with E-state index in [1.807, 2.05) is 19.1 Å². The lowest BCUT2D eigenvalue weighted by Gasteiger charge is -2.40. The molecule has 0 aliphatic carbocycles. The number of hydrogen-bond donors (Lipinski definition) is 6. The first-order chi connectivity index (χ1) is 39.7. The SMILES string of the molecule is C/C=C/CC/C=C/CC/C=C/C(O)C(COC1OC(CO)C(O)C(O)C1O)NC(=O)CCCCCCCCCCCCCCC/C=C\C/C=C\CCCCCCCCCCCOC(=O)CCCCCCCCCCCCCCCCC. The molecule has 1 fully saturated rings. The van der Waals surface area contributed by atoms with E-state index < -0.39 is 49.5 Å². The Morgan fingerprint density at radius 2 is 0.889 bits per heavy atom. The van der Waals surface area contributed by atoms with E-state index in [-0.39, 0.29) is 18.5 Å². The number of carbonyl (C=O) groups excluding carboxylic acids is 2. The highest BCUT2D eigenvalue weighted by atomic mass is 16.7. The molecule has 11 heteroatoms. The molecule has 6 N–H and O–H groups in total. The maximum absolute atomic E-state index is 13.0. The van der Waals surface area contributed by atoms with Crippen LogP contribution in [0.15, 0.2) is 60.8 Å². The predicted molar refractivity (Wildman–Crippen MR) is 338 cm³/mol. The molecular formula is C70H127NO10. The summed E-state index contributed by atoms with van der Waals surface area (Å²) in [4.78, 5) is 25.1. The fourth-order valence-corrected chi connectivity index (χ4v) is 10.6. The first-order valence-corrected chi connectivity index (χ1v) is 34.0. The van der Waals surface area contributed by atoms with E-state index in [2.05, 4.69) is 54.8 Å². The smallest absolute Gasteiger partial charge is 0.305 e. The lowest BCUT2D eigenvalue weighted by atomic mass is 9.99. The van der Waals surface area contributed by atoms with Crippen molar-refractivity contribution in [3.05, 3.63) is 60.8 Å². The first kappa shape index (κ1) is 76.4. The third kappa shape index (κ3) is 48.3. The molecule has 1 rings (SSSR count). The number of unbranched alkanes of at least 4 members (excludes halogenated alkanes) is 38. The van der Waals surface area contributed by atoms with Gasteiger partial charge in [-0.25, -0.2) is 0 Å². The van der Waals surface area contributed by atoms with E-state index in [1.54, 1.807) is 6.08 Å². The van der Waals surface area contributed by atoms with Crippen LogP contribution in [0.2, 0.25) is 0 Å². The van der Waals surface area contributed by atoms with Crippen LogP contribution >= 0.6 is 0 Å². The molecule has 0 aromatic carbocycles. The number of rotatable bonds is 59. The van der Waals surface area contributed by atoms with Gasteiger partial charge in [-0.2, -0.15) is 0 Å². The van der Waals surface area contributed by atoms with Crippen LogP contribution in [0.4, 0.5) is 0 Å². The normalized spacial score (nSPS) is 18.6. The van der Waals surface area contributed by atoms with E-state index in [4.69, 9.17) is 14.2 Å². The van der Waals surface area contributed by atoms with Crippen LogP contribution in [0.5, 0.6) is 0 Å². The Hall–Kier alpha value is -2.64. The van der Waals surface area contributed by atoms with Gasteiger partial charge in [-0.05, 0) is 84.0 Å². The highest BCUT2D eigenvalue weighted by molar-refractivity contribution is 5.76. The van der Waals surface area contributed by atoms with Gasteiger partial charge in [0, 0.05) is 12.8 Å². The van der Waals surface area contributed by atoms with Crippen molar-refractivity contribution in [3.8, 4) is 0 Å². The van der Waals surface area contributed by atoms with Gasteiger partial charge in [0.05, 0.1) is 32.0 Å². The maximum atomic E-state index is 13.0. The Morgan fingerprint density at radius 3 is 1.36 bits per heavy atom. The monoisotopic (exact) mass is 1140 g/mol. The van der Waals surface area contributed by atoms with Crippen LogP contribution < -0.4 is 5.32 Å². The van der Waals surface area contributed by atoms with Crippen LogP contribution in [0.25, 0.3) is 0 Å². The molecule has 1 heterocycles. The van der Waals surface area contributed by atoms with Crippen LogP contribution in [0.1, 0.15) is 309 Å². The zero-order valence-electron chi connectivity index (χ0n) is 52.2. The summed E-state index contributed by atoms with van der Waals surface area (Å²) in [5.41, 5.74) is 0. The molecule has 0 saturated carbocycles. The number of amides is 1. The third-order valence-electron chi connectivity index (χ3n) is 15.9. The highest BCUT2D eigenvalue weighted by Crippen LogP contribution is 2.23. The zero-order valence-corrected chi connectivity index (χ0v) is 52.2. The summed E-state index contributed by atoms with van der Waals surface area (Å²) in [6.45, 7) is 4.10. The molecular weight excluding hydrogens is 1010 g/mol. The van der Waals surface area contributed by atoms with Gasteiger partial charge in [0.15, 0.2) is 6.29 Å². The summed E-state index contributed by atoms with van der Waals surface area (Å²) < 4.78 is 16.7.